The number of furan rings is 1. The highest BCUT2D eigenvalue weighted by Gasteiger charge is 2.40. The van der Waals surface area contributed by atoms with Gasteiger partial charge in [0.2, 0.25) is 11.5 Å². The highest BCUT2D eigenvalue weighted by atomic mass is 19.4. The van der Waals surface area contributed by atoms with Crippen molar-refractivity contribution in [2.24, 2.45) is 0 Å². The number of rotatable bonds is 2. The molecule has 0 aliphatic carbocycles. The average molecular weight is 222 g/mol. The zero-order chi connectivity index (χ0) is 11.8. The lowest BCUT2D eigenvalue weighted by Gasteiger charge is -2.03. The van der Waals surface area contributed by atoms with Crippen molar-refractivity contribution in [1.82, 2.24) is 0 Å². The van der Waals surface area contributed by atoms with Crippen LogP contribution in [0.25, 0.3) is 0 Å². The summed E-state index contributed by atoms with van der Waals surface area (Å²) >= 11 is 0. The van der Waals surface area contributed by atoms with E-state index in [0.29, 0.717) is 6.07 Å². The molecule has 1 heterocycles. The van der Waals surface area contributed by atoms with Gasteiger partial charge in [-0.1, -0.05) is 0 Å². The monoisotopic (exact) mass is 222 g/mol. The number of halogens is 3. The summed E-state index contributed by atoms with van der Waals surface area (Å²) in [4.78, 5) is 21.1. The first-order valence-corrected chi connectivity index (χ1v) is 3.68. The summed E-state index contributed by atoms with van der Waals surface area (Å²) in [5.74, 6) is -5.05. The Morgan fingerprint density at radius 1 is 1.40 bits per heavy atom. The number of hydrogen-bond donors (Lipinski definition) is 1. The molecule has 0 atom stereocenters. The van der Waals surface area contributed by atoms with Gasteiger partial charge in [0.15, 0.2) is 5.78 Å². The minimum atomic E-state index is -4.88. The van der Waals surface area contributed by atoms with E-state index in [-0.39, 0.29) is 0 Å². The summed E-state index contributed by atoms with van der Waals surface area (Å²) < 4.78 is 40.8. The van der Waals surface area contributed by atoms with E-state index < -0.39 is 35.0 Å². The number of carboxylic acids is 1. The molecular weight excluding hydrogens is 217 g/mol. The Morgan fingerprint density at radius 2 is 1.93 bits per heavy atom. The molecule has 0 aliphatic heterocycles. The maximum atomic E-state index is 12.2. The normalized spacial score (nSPS) is 11.5. The van der Waals surface area contributed by atoms with Crippen molar-refractivity contribution in [3.05, 3.63) is 23.2 Å². The zero-order valence-corrected chi connectivity index (χ0v) is 7.38. The van der Waals surface area contributed by atoms with E-state index in [1.165, 1.54) is 0 Å². The van der Waals surface area contributed by atoms with Crippen LogP contribution in [0.3, 0.4) is 0 Å². The Bertz CT molecular complexity index is 416. The Labute approximate surface area is 81.3 Å². The van der Waals surface area contributed by atoms with Crippen LogP contribution in [0.4, 0.5) is 13.2 Å². The number of carbonyl (C=O) groups excluding carboxylic acids is 1. The summed E-state index contributed by atoms with van der Waals surface area (Å²) in [7, 11) is 0. The van der Waals surface area contributed by atoms with E-state index >= 15 is 0 Å². The molecule has 1 rings (SSSR count). The molecule has 1 aromatic heterocycles. The lowest BCUT2D eigenvalue weighted by atomic mass is 10.1. The molecule has 0 fully saturated rings. The number of alkyl halides is 3. The van der Waals surface area contributed by atoms with Crippen LogP contribution < -0.4 is 0 Å². The predicted molar refractivity (Wildman–Crippen MR) is 40.7 cm³/mol. The van der Waals surface area contributed by atoms with Crippen molar-refractivity contribution in [2.75, 3.05) is 0 Å². The molecule has 0 bridgehead atoms. The minimum absolute atomic E-state index is 0.563. The Balaban J connectivity index is 3.37. The third-order valence-corrected chi connectivity index (χ3v) is 1.58. The predicted octanol–water partition coefficient (Wildman–Crippen LogP) is 2.20. The fourth-order valence-corrected chi connectivity index (χ4v) is 0.969. The molecule has 4 nitrogen and oxygen atoms in total. The van der Waals surface area contributed by atoms with Gasteiger partial charge in [0.1, 0.15) is 0 Å². The van der Waals surface area contributed by atoms with E-state index in [1.54, 1.807) is 0 Å². The highest BCUT2D eigenvalue weighted by molar-refractivity contribution is 5.97. The van der Waals surface area contributed by atoms with Gasteiger partial charge in [0.25, 0.3) is 0 Å². The van der Waals surface area contributed by atoms with Gasteiger partial charge in [-0.3, -0.25) is 4.79 Å². The summed E-state index contributed by atoms with van der Waals surface area (Å²) in [5.41, 5.74) is -0.778. The SMILES string of the molecule is CC(=O)c1cc(C(=O)O)oc1C(F)(F)F. The first-order valence-electron chi connectivity index (χ1n) is 3.68. The van der Waals surface area contributed by atoms with Crippen LogP contribution in [0, 0.1) is 0 Å². The molecule has 0 aromatic carbocycles. The van der Waals surface area contributed by atoms with E-state index in [0.717, 1.165) is 6.92 Å². The maximum Gasteiger partial charge on any atom is 0.450 e. The Kier molecular flexibility index (Phi) is 2.57. The molecular formula is C8H5F3O4. The molecule has 1 aromatic rings. The summed E-state index contributed by atoms with van der Waals surface area (Å²) in [6, 6.07) is 0.563. The quantitative estimate of drug-likeness (QED) is 0.779. The van der Waals surface area contributed by atoms with Gasteiger partial charge >= 0.3 is 12.1 Å². The first-order chi connectivity index (χ1) is 6.73. The lowest BCUT2D eigenvalue weighted by molar-refractivity contribution is -0.153. The molecule has 82 valence electrons. The zero-order valence-electron chi connectivity index (χ0n) is 7.38. The molecule has 15 heavy (non-hydrogen) atoms. The second kappa shape index (κ2) is 3.41. The van der Waals surface area contributed by atoms with Crippen molar-refractivity contribution in [3.8, 4) is 0 Å². The number of ketones is 1. The van der Waals surface area contributed by atoms with Gasteiger partial charge in [-0.25, -0.2) is 4.79 Å². The molecule has 0 aliphatic rings. The largest absolute Gasteiger partial charge is 0.475 e. The molecule has 0 saturated heterocycles. The van der Waals surface area contributed by atoms with Crippen molar-refractivity contribution < 1.29 is 32.3 Å². The van der Waals surface area contributed by atoms with Crippen LogP contribution in [0.2, 0.25) is 0 Å². The van der Waals surface area contributed by atoms with E-state index in [2.05, 4.69) is 4.42 Å². The van der Waals surface area contributed by atoms with Gasteiger partial charge in [0, 0.05) is 6.07 Å². The third kappa shape index (κ3) is 2.17. The smallest absolute Gasteiger partial charge is 0.450 e. The standard InChI is InChI=1S/C8H5F3O4/c1-3(12)4-2-5(7(13)14)15-6(4)8(9,10)11/h2H,1H3,(H,13,14). The summed E-state index contributed by atoms with van der Waals surface area (Å²) in [5, 5.41) is 8.40. The topological polar surface area (TPSA) is 67.5 Å². The third-order valence-electron chi connectivity index (χ3n) is 1.58. The number of carboxylic acid groups (broad SMARTS) is 1. The fraction of sp³-hybridized carbons (Fsp3) is 0.250. The van der Waals surface area contributed by atoms with Crippen molar-refractivity contribution in [3.63, 3.8) is 0 Å². The minimum Gasteiger partial charge on any atom is -0.475 e. The second-order valence-corrected chi connectivity index (χ2v) is 2.71. The number of hydrogen-bond acceptors (Lipinski definition) is 3. The number of aromatic carboxylic acids is 1. The van der Waals surface area contributed by atoms with Crippen molar-refractivity contribution in [2.45, 2.75) is 13.1 Å². The molecule has 1 N–H and O–H groups in total. The molecule has 7 heteroatoms. The van der Waals surface area contributed by atoms with Crippen molar-refractivity contribution in [1.29, 1.82) is 0 Å². The van der Waals surface area contributed by atoms with Gasteiger partial charge < -0.3 is 9.52 Å². The average Bonchev–Trinajstić information content (AvgIpc) is 2.45. The molecule has 0 unspecified atom stereocenters. The fourth-order valence-electron chi connectivity index (χ4n) is 0.969. The van der Waals surface area contributed by atoms with E-state index in [1.807, 2.05) is 0 Å². The van der Waals surface area contributed by atoms with Crippen LogP contribution in [0.15, 0.2) is 10.5 Å². The van der Waals surface area contributed by atoms with E-state index in [4.69, 9.17) is 5.11 Å². The summed E-state index contributed by atoms with van der Waals surface area (Å²) in [6.45, 7) is 0.895. The molecule has 0 amide bonds. The molecule has 0 saturated carbocycles. The molecule has 0 radical (unpaired) electrons. The highest BCUT2D eigenvalue weighted by Crippen LogP contribution is 2.34. The van der Waals surface area contributed by atoms with E-state index in [9.17, 15) is 22.8 Å². The van der Waals surface area contributed by atoms with Gasteiger partial charge in [-0.2, -0.15) is 13.2 Å². The molecule has 0 spiro atoms. The number of Topliss-reactive ketones (excluding diaryl/α,β-unsaturated/α-hetero) is 1. The van der Waals surface area contributed by atoms with Crippen LogP contribution in [0.5, 0.6) is 0 Å². The van der Waals surface area contributed by atoms with Gasteiger partial charge in [-0.15, -0.1) is 0 Å². The Morgan fingerprint density at radius 3 is 2.20 bits per heavy atom. The maximum absolute atomic E-state index is 12.2. The Hall–Kier alpha value is -1.79. The van der Waals surface area contributed by atoms with Gasteiger partial charge in [0.05, 0.1) is 5.56 Å². The lowest BCUT2D eigenvalue weighted by Crippen LogP contribution is -2.08. The van der Waals surface area contributed by atoms with Gasteiger partial charge in [-0.05, 0) is 6.92 Å². The number of carbonyl (C=O) groups is 2. The van der Waals surface area contributed by atoms with Crippen LogP contribution in [-0.4, -0.2) is 16.9 Å². The van der Waals surface area contributed by atoms with Crippen LogP contribution in [-0.2, 0) is 6.18 Å². The second-order valence-electron chi connectivity index (χ2n) is 2.71. The summed E-state index contributed by atoms with van der Waals surface area (Å²) in [6.07, 6.45) is -4.88. The van der Waals surface area contributed by atoms with Crippen molar-refractivity contribution >= 4 is 11.8 Å². The van der Waals surface area contributed by atoms with Crippen LogP contribution in [0.1, 0.15) is 33.6 Å². The van der Waals surface area contributed by atoms with Crippen LogP contribution >= 0.6 is 0 Å². The first kappa shape index (κ1) is 11.3.